The summed E-state index contributed by atoms with van der Waals surface area (Å²) >= 11 is 5.93. The first-order chi connectivity index (χ1) is 9.56. The van der Waals surface area contributed by atoms with Crippen molar-refractivity contribution < 1.29 is 9.53 Å². The highest BCUT2D eigenvalue weighted by molar-refractivity contribution is 6.31. The van der Waals surface area contributed by atoms with E-state index in [-0.39, 0.29) is 12.5 Å². The van der Waals surface area contributed by atoms with E-state index in [4.69, 9.17) is 16.3 Å². The Morgan fingerprint density at radius 1 is 1.65 bits per heavy atom. The predicted octanol–water partition coefficient (Wildman–Crippen LogP) is 2.26. The number of halogens is 1. The topological polar surface area (TPSA) is 47.4 Å². The van der Waals surface area contributed by atoms with Crippen LogP contribution in [0.3, 0.4) is 0 Å². The molecular weight excluding hydrogens is 278 g/mol. The molecule has 1 aromatic rings. The van der Waals surface area contributed by atoms with Crippen LogP contribution in [0, 0.1) is 6.92 Å². The third-order valence-electron chi connectivity index (χ3n) is 3.65. The lowest BCUT2D eigenvalue weighted by Gasteiger charge is -2.18. The second-order valence-electron chi connectivity index (χ2n) is 5.35. The molecule has 0 aliphatic carbocycles. The molecule has 0 N–H and O–H groups in total. The summed E-state index contributed by atoms with van der Waals surface area (Å²) in [5.41, 5.74) is 0.750. The molecule has 0 bridgehead atoms. The Balaban J connectivity index is 1.71. The highest BCUT2D eigenvalue weighted by Crippen LogP contribution is 2.17. The maximum absolute atomic E-state index is 12.1. The number of nitrogens with zero attached hydrogens (tertiary/aromatic N) is 3. The van der Waals surface area contributed by atoms with Crippen molar-refractivity contribution in [2.45, 2.75) is 45.3 Å². The molecular formula is C14H22ClN3O2. The van der Waals surface area contributed by atoms with Crippen molar-refractivity contribution in [1.82, 2.24) is 14.7 Å². The first kappa shape index (κ1) is 15.3. The van der Waals surface area contributed by atoms with E-state index in [1.54, 1.807) is 15.8 Å². The van der Waals surface area contributed by atoms with Gasteiger partial charge in [0.1, 0.15) is 6.54 Å². The van der Waals surface area contributed by atoms with Gasteiger partial charge in [-0.05, 0) is 32.6 Å². The van der Waals surface area contributed by atoms with E-state index in [0.717, 1.165) is 38.1 Å². The van der Waals surface area contributed by atoms with Gasteiger partial charge >= 0.3 is 0 Å². The second kappa shape index (κ2) is 7.09. The van der Waals surface area contributed by atoms with Crippen LogP contribution in [0.15, 0.2) is 6.20 Å². The van der Waals surface area contributed by atoms with E-state index < -0.39 is 0 Å². The van der Waals surface area contributed by atoms with E-state index in [9.17, 15) is 4.79 Å². The van der Waals surface area contributed by atoms with Crippen LogP contribution in [-0.4, -0.2) is 46.9 Å². The monoisotopic (exact) mass is 299 g/mol. The van der Waals surface area contributed by atoms with Crippen LogP contribution in [0.1, 0.15) is 31.4 Å². The van der Waals surface area contributed by atoms with Crippen LogP contribution in [0.25, 0.3) is 0 Å². The van der Waals surface area contributed by atoms with Gasteiger partial charge in [0.05, 0.1) is 16.8 Å². The number of amides is 1. The first-order valence-corrected chi connectivity index (χ1v) is 7.49. The molecule has 0 unspecified atom stereocenters. The first-order valence-electron chi connectivity index (χ1n) is 7.11. The summed E-state index contributed by atoms with van der Waals surface area (Å²) in [6.45, 7) is 3.71. The van der Waals surface area contributed by atoms with Crippen molar-refractivity contribution in [3.63, 3.8) is 0 Å². The van der Waals surface area contributed by atoms with Crippen LogP contribution in [0.5, 0.6) is 0 Å². The highest BCUT2D eigenvalue weighted by Gasteiger charge is 2.16. The van der Waals surface area contributed by atoms with Gasteiger partial charge in [-0.1, -0.05) is 11.6 Å². The Kier molecular flexibility index (Phi) is 5.43. The number of carbonyl (C=O) groups excluding carboxylic acids is 1. The van der Waals surface area contributed by atoms with Gasteiger partial charge in [-0.15, -0.1) is 0 Å². The quantitative estimate of drug-likeness (QED) is 0.809. The van der Waals surface area contributed by atoms with Crippen molar-refractivity contribution in [2.24, 2.45) is 0 Å². The van der Waals surface area contributed by atoms with E-state index >= 15 is 0 Å². The van der Waals surface area contributed by atoms with Crippen molar-refractivity contribution in [3.05, 3.63) is 16.9 Å². The van der Waals surface area contributed by atoms with E-state index in [1.165, 1.54) is 6.42 Å². The lowest BCUT2D eigenvalue weighted by Crippen LogP contribution is -2.31. The molecule has 1 atom stereocenters. The van der Waals surface area contributed by atoms with Crippen LogP contribution < -0.4 is 0 Å². The Hall–Kier alpha value is -1.07. The molecule has 1 aromatic heterocycles. The molecule has 112 valence electrons. The summed E-state index contributed by atoms with van der Waals surface area (Å²) in [6, 6.07) is 0. The lowest BCUT2D eigenvalue weighted by molar-refractivity contribution is -0.130. The van der Waals surface area contributed by atoms with Gasteiger partial charge in [-0.2, -0.15) is 5.10 Å². The van der Waals surface area contributed by atoms with Gasteiger partial charge in [0, 0.05) is 26.4 Å². The maximum atomic E-state index is 12.1. The average molecular weight is 300 g/mol. The Labute approximate surface area is 124 Å². The fourth-order valence-corrected chi connectivity index (χ4v) is 2.54. The standard InChI is InChI=1S/C14H22ClN3O2/c1-11-13(15)9-18(16-11)10-14(19)17(2)7-3-5-12-6-4-8-20-12/h9,12H,3-8,10H2,1-2H3/t12-/m0/s1. The minimum Gasteiger partial charge on any atom is -0.378 e. The fraction of sp³-hybridized carbons (Fsp3) is 0.714. The molecule has 0 radical (unpaired) electrons. The Bertz CT molecular complexity index is 436. The summed E-state index contributed by atoms with van der Waals surface area (Å²) < 4.78 is 7.17. The molecule has 2 rings (SSSR count). The zero-order chi connectivity index (χ0) is 14.5. The minimum atomic E-state index is 0.0523. The molecule has 6 heteroatoms. The molecule has 0 saturated carbocycles. The lowest BCUT2D eigenvalue weighted by atomic mass is 10.1. The van der Waals surface area contributed by atoms with Gasteiger partial charge in [-0.25, -0.2) is 0 Å². The summed E-state index contributed by atoms with van der Waals surface area (Å²) in [6.07, 6.45) is 6.42. The Morgan fingerprint density at radius 2 is 2.45 bits per heavy atom. The third kappa shape index (κ3) is 4.21. The summed E-state index contributed by atoms with van der Waals surface area (Å²) in [5, 5.41) is 4.79. The molecule has 1 aliphatic rings. The number of rotatable bonds is 6. The molecule has 1 fully saturated rings. The van der Waals surface area contributed by atoms with Crippen molar-refractivity contribution in [2.75, 3.05) is 20.2 Å². The molecule has 5 nitrogen and oxygen atoms in total. The number of aryl methyl sites for hydroxylation is 1. The molecule has 20 heavy (non-hydrogen) atoms. The number of carbonyl (C=O) groups is 1. The van der Waals surface area contributed by atoms with Crippen molar-refractivity contribution in [1.29, 1.82) is 0 Å². The summed E-state index contributed by atoms with van der Waals surface area (Å²) in [7, 11) is 1.83. The minimum absolute atomic E-state index is 0.0523. The fourth-order valence-electron chi connectivity index (χ4n) is 2.39. The number of hydrogen-bond donors (Lipinski definition) is 0. The smallest absolute Gasteiger partial charge is 0.244 e. The number of hydrogen-bond acceptors (Lipinski definition) is 3. The van der Waals surface area contributed by atoms with Gasteiger partial charge in [0.2, 0.25) is 5.91 Å². The number of ether oxygens (including phenoxy) is 1. The van der Waals surface area contributed by atoms with Crippen LogP contribution >= 0.6 is 11.6 Å². The largest absolute Gasteiger partial charge is 0.378 e. The molecule has 1 saturated heterocycles. The molecule has 1 aliphatic heterocycles. The van der Waals surface area contributed by atoms with Crippen molar-refractivity contribution in [3.8, 4) is 0 Å². The summed E-state index contributed by atoms with van der Waals surface area (Å²) in [5.74, 6) is 0.0523. The predicted molar refractivity (Wildman–Crippen MR) is 77.8 cm³/mol. The van der Waals surface area contributed by atoms with E-state index in [2.05, 4.69) is 5.10 Å². The Morgan fingerprint density at radius 3 is 3.05 bits per heavy atom. The maximum Gasteiger partial charge on any atom is 0.244 e. The van der Waals surface area contributed by atoms with Gasteiger partial charge in [-0.3, -0.25) is 9.48 Å². The molecule has 1 amide bonds. The number of likely N-dealkylation sites (N-methyl/N-ethyl adjacent to an activating group) is 1. The molecule has 0 aromatic carbocycles. The SMILES string of the molecule is Cc1nn(CC(=O)N(C)CCC[C@H]2CCCO2)cc1Cl. The van der Waals surface area contributed by atoms with Crippen molar-refractivity contribution >= 4 is 17.5 Å². The number of aromatic nitrogens is 2. The van der Waals surface area contributed by atoms with E-state index in [1.807, 2.05) is 14.0 Å². The summed E-state index contributed by atoms with van der Waals surface area (Å²) in [4.78, 5) is 13.8. The third-order valence-corrected chi connectivity index (χ3v) is 4.02. The molecule has 2 heterocycles. The zero-order valence-electron chi connectivity index (χ0n) is 12.1. The van der Waals surface area contributed by atoms with Gasteiger partial charge < -0.3 is 9.64 Å². The average Bonchev–Trinajstić information content (AvgIpc) is 3.00. The highest BCUT2D eigenvalue weighted by atomic mass is 35.5. The van der Waals surface area contributed by atoms with E-state index in [0.29, 0.717) is 11.1 Å². The zero-order valence-corrected chi connectivity index (χ0v) is 12.9. The van der Waals surface area contributed by atoms with Gasteiger partial charge in [0.25, 0.3) is 0 Å². The van der Waals surface area contributed by atoms with Gasteiger partial charge in [0.15, 0.2) is 0 Å². The van der Waals surface area contributed by atoms with Crippen LogP contribution in [0.4, 0.5) is 0 Å². The van der Waals surface area contributed by atoms with Crippen LogP contribution in [0.2, 0.25) is 5.02 Å². The normalized spacial score (nSPS) is 18.4. The van der Waals surface area contributed by atoms with Crippen LogP contribution in [-0.2, 0) is 16.1 Å². The molecule has 0 spiro atoms. The second-order valence-corrected chi connectivity index (χ2v) is 5.76.